The van der Waals surface area contributed by atoms with Gasteiger partial charge in [0.1, 0.15) is 0 Å². The molecule has 0 atom stereocenters. The average Bonchev–Trinajstić information content (AvgIpc) is 2.45. The largest absolute Gasteiger partial charge is 0.465 e. The molecule has 0 unspecified atom stereocenters. The summed E-state index contributed by atoms with van der Waals surface area (Å²) in [5.74, 6) is 0.113. The Morgan fingerprint density at radius 3 is 1.95 bits per heavy atom. The molecule has 116 valence electrons. The molecular weight excluding hydrogens is 256 g/mol. The molecule has 1 saturated carbocycles. The molecule has 0 spiro atoms. The van der Waals surface area contributed by atoms with E-state index in [1.54, 1.807) is 0 Å². The second-order valence-corrected chi connectivity index (χ2v) is 6.09. The molecule has 0 bridgehead atoms. The van der Waals surface area contributed by atoms with Crippen LogP contribution >= 0.6 is 0 Å². The molecule has 4 nitrogen and oxygen atoms in total. The SMILES string of the molecule is CCCCOC(=O)C1CCC(C(=O)OCC(C)C)CC1. The quantitative estimate of drug-likeness (QED) is 0.531. The average molecular weight is 284 g/mol. The molecule has 1 aliphatic rings. The molecule has 0 aromatic rings. The number of esters is 2. The van der Waals surface area contributed by atoms with Gasteiger partial charge in [-0.2, -0.15) is 0 Å². The number of hydrogen-bond acceptors (Lipinski definition) is 4. The first kappa shape index (κ1) is 17.0. The lowest BCUT2D eigenvalue weighted by atomic mass is 9.82. The van der Waals surface area contributed by atoms with E-state index < -0.39 is 0 Å². The number of ether oxygens (including phenoxy) is 2. The Morgan fingerprint density at radius 2 is 1.50 bits per heavy atom. The van der Waals surface area contributed by atoms with Gasteiger partial charge < -0.3 is 9.47 Å². The highest BCUT2D eigenvalue weighted by molar-refractivity contribution is 5.75. The van der Waals surface area contributed by atoms with Gasteiger partial charge >= 0.3 is 11.9 Å². The summed E-state index contributed by atoms with van der Waals surface area (Å²) in [6.07, 6.45) is 4.91. The van der Waals surface area contributed by atoms with Gasteiger partial charge in [0.15, 0.2) is 0 Å². The lowest BCUT2D eigenvalue weighted by Gasteiger charge is -2.26. The maximum Gasteiger partial charge on any atom is 0.308 e. The van der Waals surface area contributed by atoms with Crippen molar-refractivity contribution < 1.29 is 19.1 Å². The van der Waals surface area contributed by atoms with Crippen LogP contribution in [0.25, 0.3) is 0 Å². The minimum atomic E-state index is -0.100. The fourth-order valence-electron chi connectivity index (χ4n) is 2.37. The topological polar surface area (TPSA) is 52.6 Å². The second-order valence-electron chi connectivity index (χ2n) is 6.09. The van der Waals surface area contributed by atoms with Gasteiger partial charge in [-0.25, -0.2) is 0 Å². The third-order valence-corrected chi connectivity index (χ3v) is 3.69. The van der Waals surface area contributed by atoms with E-state index in [2.05, 4.69) is 6.92 Å². The zero-order valence-corrected chi connectivity index (χ0v) is 13.0. The molecule has 1 aliphatic carbocycles. The predicted octanol–water partition coefficient (Wildman–Crippen LogP) is 3.34. The number of rotatable bonds is 7. The maximum atomic E-state index is 11.9. The van der Waals surface area contributed by atoms with Gasteiger partial charge in [0.25, 0.3) is 0 Å². The van der Waals surface area contributed by atoms with Crippen LogP contribution < -0.4 is 0 Å². The van der Waals surface area contributed by atoms with E-state index in [9.17, 15) is 9.59 Å². The number of hydrogen-bond donors (Lipinski definition) is 0. The van der Waals surface area contributed by atoms with Crippen molar-refractivity contribution in [3.63, 3.8) is 0 Å². The molecule has 1 fully saturated rings. The summed E-state index contributed by atoms with van der Waals surface area (Å²) in [7, 11) is 0. The molecule has 0 saturated heterocycles. The molecule has 0 aromatic carbocycles. The normalized spacial score (nSPS) is 22.6. The molecule has 0 N–H and O–H groups in total. The number of carbonyl (C=O) groups excluding carboxylic acids is 2. The molecule has 4 heteroatoms. The van der Waals surface area contributed by atoms with E-state index in [1.807, 2.05) is 13.8 Å². The van der Waals surface area contributed by atoms with Gasteiger partial charge in [0.2, 0.25) is 0 Å². The van der Waals surface area contributed by atoms with Crippen molar-refractivity contribution in [2.24, 2.45) is 17.8 Å². The molecule has 0 aliphatic heterocycles. The lowest BCUT2D eigenvalue weighted by Crippen LogP contribution is -2.29. The van der Waals surface area contributed by atoms with Crippen LogP contribution in [-0.4, -0.2) is 25.2 Å². The Labute approximate surface area is 122 Å². The van der Waals surface area contributed by atoms with E-state index in [0.29, 0.717) is 19.1 Å². The lowest BCUT2D eigenvalue weighted by molar-refractivity contribution is -0.155. The first-order valence-corrected chi connectivity index (χ1v) is 7.87. The maximum absolute atomic E-state index is 11.9. The van der Waals surface area contributed by atoms with Crippen LogP contribution in [0, 0.1) is 17.8 Å². The van der Waals surface area contributed by atoms with Gasteiger partial charge in [0, 0.05) is 0 Å². The summed E-state index contributed by atoms with van der Waals surface area (Å²) in [6, 6.07) is 0. The Hall–Kier alpha value is -1.06. The Bertz CT molecular complexity index is 304. The molecule has 0 aromatic heterocycles. The molecule has 0 heterocycles. The van der Waals surface area contributed by atoms with Crippen LogP contribution in [0.1, 0.15) is 59.3 Å². The molecular formula is C16H28O4. The van der Waals surface area contributed by atoms with Crippen LogP contribution in [0.5, 0.6) is 0 Å². The summed E-state index contributed by atoms with van der Waals surface area (Å²) in [4.78, 5) is 23.7. The van der Waals surface area contributed by atoms with Crippen LogP contribution in [0.4, 0.5) is 0 Å². The fraction of sp³-hybridized carbons (Fsp3) is 0.875. The Kier molecular flexibility index (Phi) is 7.63. The Morgan fingerprint density at radius 1 is 1.00 bits per heavy atom. The molecule has 0 amide bonds. The van der Waals surface area contributed by atoms with Crippen LogP contribution in [-0.2, 0) is 19.1 Å². The summed E-state index contributed by atoms with van der Waals surface area (Å²) in [6.45, 7) is 7.12. The second kappa shape index (κ2) is 8.98. The van der Waals surface area contributed by atoms with E-state index in [4.69, 9.17) is 9.47 Å². The van der Waals surface area contributed by atoms with Crippen molar-refractivity contribution in [3.05, 3.63) is 0 Å². The van der Waals surface area contributed by atoms with Crippen molar-refractivity contribution in [3.8, 4) is 0 Å². The standard InChI is InChI=1S/C16H28O4/c1-4-5-10-19-15(17)13-6-8-14(9-7-13)16(18)20-11-12(2)3/h12-14H,4-11H2,1-3H3. The molecule has 1 rings (SSSR count). The van der Waals surface area contributed by atoms with E-state index in [0.717, 1.165) is 38.5 Å². The van der Waals surface area contributed by atoms with Crippen molar-refractivity contribution in [1.82, 2.24) is 0 Å². The van der Waals surface area contributed by atoms with Crippen molar-refractivity contribution >= 4 is 11.9 Å². The van der Waals surface area contributed by atoms with Crippen molar-refractivity contribution in [2.75, 3.05) is 13.2 Å². The van der Waals surface area contributed by atoms with E-state index in [1.165, 1.54) is 0 Å². The summed E-state index contributed by atoms with van der Waals surface area (Å²) >= 11 is 0. The fourth-order valence-corrected chi connectivity index (χ4v) is 2.37. The van der Waals surface area contributed by atoms with Crippen molar-refractivity contribution in [1.29, 1.82) is 0 Å². The third-order valence-electron chi connectivity index (χ3n) is 3.69. The van der Waals surface area contributed by atoms with Gasteiger partial charge in [-0.05, 0) is 38.0 Å². The first-order valence-electron chi connectivity index (χ1n) is 7.87. The highest BCUT2D eigenvalue weighted by Gasteiger charge is 2.31. The minimum Gasteiger partial charge on any atom is -0.465 e. The monoisotopic (exact) mass is 284 g/mol. The van der Waals surface area contributed by atoms with Gasteiger partial charge in [-0.1, -0.05) is 27.2 Å². The van der Waals surface area contributed by atoms with Gasteiger partial charge in [-0.15, -0.1) is 0 Å². The van der Waals surface area contributed by atoms with Gasteiger partial charge in [0.05, 0.1) is 25.0 Å². The predicted molar refractivity (Wildman–Crippen MR) is 77.1 cm³/mol. The van der Waals surface area contributed by atoms with Gasteiger partial charge in [-0.3, -0.25) is 9.59 Å². The molecule has 0 radical (unpaired) electrons. The molecule has 20 heavy (non-hydrogen) atoms. The zero-order valence-electron chi connectivity index (χ0n) is 13.0. The number of carbonyl (C=O) groups is 2. The highest BCUT2D eigenvalue weighted by Crippen LogP contribution is 2.30. The summed E-state index contributed by atoms with van der Waals surface area (Å²) in [5, 5.41) is 0. The highest BCUT2D eigenvalue weighted by atomic mass is 16.5. The third kappa shape index (κ3) is 5.93. The minimum absolute atomic E-state index is 0.0268. The summed E-state index contributed by atoms with van der Waals surface area (Å²) in [5.41, 5.74) is 0. The van der Waals surface area contributed by atoms with E-state index in [-0.39, 0.29) is 23.8 Å². The van der Waals surface area contributed by atoms with Crippen molar-refractivity contribution in [2.45, 2.75) is 59.3 Å². The zero-order chi connectivity index (χ0) is 15.0. The Balaban J connectivity index is 2.25. The number of unbranched alkanes of at least 4 members (excludes halogenated alkanes) is 1. The first-order chi connectivity index (χ1) is 9.54. The van der Waals surface area contributed by atoms with Crippen LogP contribution in [0.2, 0.25) is 0 Å². The summed E-state index contributed by atoms with van der Waals surface area (Å²) < 4.78 is 10.5. The smallest absolute Gasteiger partial charge is 0.308 e. The van der Waals surface area contributed by atoms with Crippen LogP contribution in [0.15, 0.2) is 0 Å². The van der Waals surface area contributed by atoms with Crippen LogP contribution in [0.3, 0.4) is 0 Å². The van der Waals surface area contributed by atoms with E-state index >= 15 is 0 Å².